The first-order chi connectivity index (χ1) is 17.6. The van der Waals surface area contributed by atoms with Crippen LogP contribution in [-0.2, 0) is 4.74 Å². The molecule has 0 unspecified atom stereocenters. The van der Waals surface area contributed by atoms with E-state index in [1.54, 1.807) is 36.8 Å². The highest BCUT2D eigenvalue weighted by atomic mass is 19.1. The Morgan fingerprint density at radius 2 is 1.92 bits per heavy atom. The number of hydrogen-bond donors (Lipinski definition) is 1. The largest absolute Gasteiger partial charge is 0.492 e. The van der Waals surface area contributed by atoms with Gasteiger partial charge >= 0.3 is 0 Å². The van der Waals surface area contributed by atoms with Crippen LogP contribution in [0.15, 0.2) is 55.0 Å². The van der Waals surface area contributed by atoms with Crippen molar-refractivity contribution in [3.05, 3.63) is 60.8 Å². The van der Waals surface area contributed by atoms with Gasteiger partial charge in [-0.3, -0.25) is 4.98 Å². The number of fused-ring (bicyclic) bond motifs is 1. The molecule has 36 heavy (non-hydrogen) atoms. The molecule has 0 radical (unpaired) electrons. The zero-order valence-electron chi connectivity index (χ0n) is 20.3. The number of benzene rings is 1. The Bertz CT molecular complexity index is 1330. The minimum absolute atomic E-state index is 0.323. The van der Waals surface area contributed by atoms with Gasteiger partial charge in [-0.05, 0) is 50.5 Å². The van der Waals surface area contributed by atoms with Crippen LogP contribution in [0.4, 0.5) is 21.8 Å². The van der Waals surface area contributed by atoms with Crippen LogP contribution < -0.4 is 15.0 Å². The van der Waals surface area contributed by atoms with E-state index in [0.717, 1.165) is 36.5 Å². The maximum absolute atomic E-state index is 14.9. The summed E-state index contributed by atoms with van der Waals surface area (Å²) in [5.74, 6) is 1.45. The van der Waals surface area contributed by atoms with Crippen molar-refractivity contribution < 1.29 is 13.9 Å². The Morgan fingerprint density at radius 3 is 2.69 bits per heavy atom. The molecule has 0 saturated carbocycles. The number of nitrogens with zero attached hydrogens (tertiary/aromatic N) is 6. The van der Waals surface area contributed by atoms with Crippen LogP contribution in [0.5, 0.6) is 5.75 Å². The van der Waals surface area contributed by atoms with Crippen molar-refractivity contribution in [3.63, 3.8) is 0 Å². The van der Waals surface area contributed by atoms with E-state index in [4.69, 9.17) is 9.47 Å². The second kappa shape index (κ2) is 10.8. The van der Waals surface area contributed by atoms with Crippen molar-refractivity contribution in [2.75, 3.05) is 63.8 Å². The number of pyridine rings is 2. The van der Waals surface area contributed by atoms with Gasteiger partial charge in [0.1, 0.15) is 29.5 Å². The lowest BCUT2D eigenvalue weighted by Gasteiger charge is -2.27. The van der Waals surface area contributed by atoms with E-state index in [9.17, 15) is 4.39 Å². The highest BCUT2D eigenvalue weighted by Crippen LogP contribution is 2.31. The molecule has 1 saturated heterocycles. The van der Waals surface area contributed by atoms with Gasteiger partial charge in [0.15, 0.2) is 0 Å². The van der Waals surface area contributed by atoms with Gasteiger partial charge in [0.2, 0.25) is 5.95 Å². The molecule has 10 heteroatoms. The van der Waals surface area contributed by atoms with Crippen molar-refractivity contribution in [2.24, 2.45) is 0 Å². The molecule has 1 aromatic carbocycles. The lowest BCUT2D eigenvalue weighted by molar-refractivity contribution is 0.122. The van der Waals surface area contributed by atoms with Crippen molar-refractivity contribution in [3.8, 4) is 17.0 Å². The average molecular weight is 490 g/mol. The summed E-state index contributed by atoms with van der Waals surface area (Å²) in [6.45, 7) is 4.30. The molecule has 3 aromatic heterocycles. The van der Waals surface area contributed by atoms with Crippen LogP contribution in [0.25, 0.3) is 22.2 Å². The SMILES string of the molecule is CN(C)CCOc1ccc(F)c(-c2nccc3cnc(Nc4ccc(N5CCOCC5)nc4)nc23)c1. The molecular weight excluding hydrogens is 461 g/mol. The van der Waals surface area contributed by atoms with E-state index in [1.807, 2.05) is 31.1 Å². The Hall–Kier alpha value is -3.89. The van der Waals surface area contributed by atoms with Crippen molar-refractivity contribution >= 4 is 28.4 Å². The molecule has 1 aliphatic rings. The molecule has 1 N–H and O–H groups in total. The molecule has 4 heterocycles. The van der Waals surface area contributed by atoms with Gasteiger partial charge in [-0.15, -0.1) is 0 Å². The molecule has 4 aromatic rings. The van der Waals surface area contributed by atoms with Crippen molar-refractivity contribution in [2.45, 2.75) is 0 Å². The number of nitrogens with one attached hydrogen (secondary N) is 1. The molecule has 0 atom stereocenters. The lowest BCUT2D eigenvalue weighted by Crippen LogP contribution is -2.36. The standard InChI is InChI=1S/C26H28FN7O2/c1-33(2)9-14-36-20-4-5-22(27)21(15-20)25-24-18(7-8-28-25)16-30-26(32-24)31-19-3-6-23(29-17-19)34-10-12-35-13-11-34/h3-8,15-17H,9-14H2,1-2H3,(H,30,31,32). The van der Waals surface area contributed by atoms with E-state index in [2.05, 4.69) is 30.2 Å². The number of ether oxygens (including phenoxy) is 2. The number of anilines is 3. The summed E-state index contributed by atoms with van der Waals surface area (Å²) in [6.07, 6.45) is 5.07. The number of aromatic nitrogens is 4. The van der Waals surface area contributed by atoms with Crippen LogP contribution in [0.2, 0.25) is 0 Å². The normalized spacial score (nSPS) is 13.8. The summed E-state index contributed by atoms with van der Waals surface area (Å²) < 4.78 is 26.1. The maximum atomic E-state index is 14.9. The highest BCUT2D eigenvalue weighted by Gasteiger charge is 2.15. The number of hydrogen-bond acceptors (Lipinski definition) is 9. The summed E-state index contributed by atoms with van der Waals surface area (Å²) in [6, 6.07) is 10.4. The zero-order valence-corrected chi connectivity index (χ0v) is 20.3. The summed E-state index contributed by atoms with van der Waals surface area (Å²) >= 11 is 0. The summed E-state index contributed by atoms with van der Waals surface area (Å²) in [7, 11) is 3.94. The first-order valence-electron chi connectivity index (χ1n) is 11.8. The number of morpholine rings is 1. The van der Waals surface area contributed by atoms with E-state index >= 15 is 0 Å². The smallest absolute Gasteiger partial charge is 0.227 e. The summed E-state index contributed by atoms with van der Waals surface area (Å²) in [5.41, 5.74) is 2.04. The zero-order chi connectivity index (χ0) is 24.9. The molecule has 0 amide bonds. The Kier molecular flexibility index (Phi) is 7.15. The quantitative estimate of drug-likeness (QED) is 0.398. The number of rotatable bonds is 8. The van der Waals surface area contributed by atoms with Crippen LogP contribution in [-0.4, -0.2) is 78.4 Å². The topological polar surface area (TPSA) is 88.5 Å². The predicted molar refractivity (Wildman–Crippen MR) is 137 cm³/mol. The Balaban J connectivity index is 1.40. The number of likely N-dealkylation sites (N-methyl/N-ethyl adjacent to an activating group) is 1. The van der Waals surface area contributed by atoms with Crippen LogP contribution in [0.1, 0.15) is 0 Å². The van der Waals surface area contributed by atoms with Gasteiger partial charge in [0.05, 0.1) is 30.8 Å². The predicted octanol–water partition coefficient (Wildman–Crippen LogP) is 3.75. The summed E-state index contributed by atoms with van der Waals surface area (Å²) in [4.78, 5) is 22.3. The van der Waals surface area contributed by atoms with Gasteiger partial charge in [-0.25, -0.2) is 19.3 Å². The molecular formula is C26H28FN7O2. The highest BCUT2D eigenvalue weighted by molar-refractivity contribution is 5.91. The Morgan fingerprint density at radius 1 is 1.06 bits per heavy atom. The van der Waals surface area contributed by atoms with Crippen LogP contribution in [0.3, 0.4) is 0 Å². The third kappa shape index (κ3) is 5.50. The minimum atomic E-state index is -0.397. The number of halogens is 1. The second-order valence-electron chi connectivity index (χ2n) is 8.71. The molecule has 0 bridgehead atoms. The van der Waals surface area contributed by atoms with Gasteiger partial charge in [-0.2, -0.15) is 0 Å². The lowest BCUT2D eigenvalue weighted by atomic mass is 10.1. The van der Waals surface area contributed by atoms with Crippen LogP contribution in [0, 0.1) is 5.82 Å². The van der Waals surface area contributed by atoms with Gasteiger partial charge in [0, 0.05) is 43.0 Å². The average Bonchev–Trinajstić information content (AvgIpc) is 2.90. The molecule has 186 valence electrons. The molecule has 0 spiro atoms. The molecule has 1 fully saturated rings. The molecule has 1 aliphatic heterocycles. The van der Waals surface area contributed by atoms with E-state index < -0.39 is 5.82 Å². The first kappa shape index (κ1) is 23.8. The Labute approximate surface area is 208 Å². The maximum Gasteiger partial charge on any atom is 0.227 e. The van der Waals surface area contributed by atoms with E-state index in [1.165, 1.54) is 6.07 Å². The van der Waals surface area contributed by atoms with Crippen LogP contribution >= 0.6 is 0 Å². The minimum Gasteiger partial charge on any atom is -0.492 e. The second-order valence-corrected chi connectivity index (χ2v) is 8.71. The van der Waals surface area contributed by atoms with Gasteiger partial charge < -0.3 is 24.6 Å². The fourth-order valence-electron chi connectivity index (χ4n) is 3.90. The fourth-order valence-corrected chi connectivity index (χ4v) is 3.90. The molecule has 5 rings (SSSR count). The van der Waals surface area contributed by atoms with Gasteiger partial charge in [0.25, 0.3) is 0 Å². The monoisotopic (exact) mass is 489 g/mol. The van der Waals surface area contributed by atoms with Crippen molar-refractivity contribution in [1.29, 1.82) is 0 Å². The molecule has 9 nitrogen and oxygen atoms in total. The third-order valence-corrected chi connectivity index (χ3v) is 5.84. The molecule has 0 aliphatic carbocycles. The summed E-state index contributed by atoms with van der Waals surface area (Å²) in [5, 5.41) is 3.94. The first-order valence-corrected chi connectivity index (χ1v) is 11.8. The van der Waals surface area contributed by atoms with E-state index in [0.29, 0.717) is 48.3 Å². The fraction of sp³-hybridized carbons (Fsp3) is 0.308. The van der Waals surface area contributed by atoms with Gasteiger partial charge in [-0.1, -0.05) is 0 Å². The van der Waals surface area contributed by atoms with E-state index in [-0.39, 0.29) is 0 Å². The van der Waals surface area contributed by atoms with Crippen molar-refractivity contribution in [1.82, 2.24) is 24.8 Å². The third-order valence-electron chi connectivity index (χ3n) is 5.84.